The van der Waals surface area contributed by atoms with Crippen molar-refractivity contribution in [3.8, 4) is 11.9 Å². The molecule has 1 amide bonds. The van der Waals surface area contributed by atoms with Crippen LogP contribution in [-0.4, -0.2) is 49.0 Å². The first-order valence-electron chi connectivity index (χ1n) is 7.46. The van der Waals surface area contributed by atoms with Crippen molar-refractivity contribution in [2.75, 3.05) is 33.3 Å². The molecule has 0 aliphatic carbocycles. The summed E-state index contributed by atoms with van der Waals surface area (Å²) < 4.78 is 5.15. The van der Waals surface area contributed by atoms with E-state index in [9.17, 15) is 4.79 Å². The summed E-state index contributed by atoms with van der Waals surface area (Å²) in [6.07, 6.45) is 4.64. The van der Waals surface area contributed by atoms with Crippen LogP contribution < -0.4 is 4.74 Å². The average molecular weight is 297 g/mol. The van der Waals surface area contributed by atoms with Gasteiger partial charge in [-0.2, -0.15) is 5.26 Å². The van der Waals surface area contributed by atoms with E-state index in [0.29, 0.717) is 12.5 Å². The van der Waals surface area contributed by atoms with Gasteiger partial charge in [0.15, 0.2) is 6.19 Å². The van der Waals surface area contributed by atoms with Crippen molar-refractivity contribution in [2.45, 2.75) is 12.3 Å². The number of nitriles is 1. The summed E-state index contributed by atoms with van der Waals surface area (Å²) in [5.74, 6) is 1.33. The fourth-order valence-corrected chi connectivity index (χ4v) is 2.90. The SMILES string of the molecule is COc1ccc(C2CN(C(=O)C=C3CCN(C#N)C3)C2)cc1. The maximum atomic E-state index is 12.2. The summed E-state index contributed by atoms with van der Waals surface area (Å²) in [6, 6.07) is 8.03. The highest BCUT2D eigenvalue weighted by atomic mass is 16.5. The van der Waals surface area contributed by atoms with E-state index in [1.54, 1.807) is 18.1 Å². The summed E-state index contributed by atoms with van der Waals surface area (Å²) in [6.45, 7) is 2.84. The number of ether oxygens (including phenoxy) is 1. The van der Waals surface area contributed by atoms with Crippen molar-refractivity contribution in [3.63, 3.8) is 0 Å². The number of nitrogens with zero attached hydrogens (tertiary/aromatic N) is 3. The summed E-state index contributed by atoms with van der Waals surface area (Å²) in [5, 5.41) is 8.83. The number of methoxy groups -OCH3 is 1. The highest BCUT2D eigenvalue weighted by Gasteiger charge is 2.31. The van der Waals surface area contributed by atoms with E-state index in [0.717, 1.165) is 37.4 Å². The molecule has 0 unspecified atom stereocenters. The van der Waals surface area contributed by atoms with Crippen LogP contribution in [-0.2, 0) is 4.79 Å². The lowest BCUT2D eigenvalue weighted by Crippen LogP contribution is -2.47. The maximum absolute atomic E-state index is 12.2. The summed E-state index contributed by atoms with van der Waals surface area (Å²) in [5.41, 5.74) is 2.30. The second-order valence-corrected chi connectivity index (χ2v) is 5.79. The third-order valence-corrected chi connectivity index (χ3v) is 4.35. The van der Waals surface area contributed by atoms with Crippen molar-refractivity contribution < 1.29 is 9.53 Å². The molecule has 2 aliphatic rings. The van der Waals surface area contributed by atoms with Gasteiger partial charge in [-0.3, -0.25) is 4.79 Å². The fourth-order valence-electron chi connectivity index (χ4n) is 2.90. The Balaban J connectivity index is 1.53. The van der Waals surface area contributed by atoms with E-state index in [1.165, 1.54) is 5.56 Å². The van der Waals surface area contributed by atoms with E-state index in [-0.39, 0.29) is 5.91 Å². The van der Waals surface area contributed by atoms with Gasteiger partial charge in [-0.25, -0.2) is 0 Å². The van der Waals surface area contributed by atoms with Crippen LogP contribution in [0.4, 0.5) is 0 Å². The lowest BCUT2D eigenvalue weighted by molar-refractivity contribution is -0.130. The molecule has 1 aromatic rings. The lowest BCUT2D eigenvalue weighted by atomic mass is 9.91. The van der Waals surface area contributed by atoms with Gasteiger partial charge in [0.05, 0.1) is 7.11 Å². The van der Waals surface area contributed by atoms with Gasteiger partial charge in [-0.15, -0.1) is 0 Å². The molecule has 3 rings (SSSR count). The molecule has 0 spiro atoms. The van der Waals surface area contributed by atoms with Crippen LogP contribution in [0.15, 0.2) is 35.9 Å². The predicted octanol–water partition coefficient (Wildman–Crippen LogP) is 1.73. The molecule has 114 valence electrons. The van der Waals surface area contributed by atoms with Crippen LogP contribution >= 0.6 is 0 Å². The molecule has 0 radical (unpaired) electrons. The second-order valence-electron chi connectivity index (χ2n) is 5.79. The molecule has 2 saturated heterocycles. The predicted molar refractivity (Wildman–Crippen MR) is 82.2 cm³/mol. The van der Waals surface area contributed by atoms with Crippen LogP contribution in [0.1, 0.15) is 17.9 Å². The van der Waals surface area contributed by atoms with Crippen molar-refractivity contribution in [1.82, 2.24) is 9.80 Å². The van der Waals surface area contributed by atoms with Gasteiger partial charge in [0, 0.05) is 38.2 Å². The van der Waals surface area contributed by atoms with E-state index in [4.69, 9.17) is 10.00 Å². The summed E-state index contributed by atoms with van der Waals surface area (Å²) in [4.78, 5) is 15.7. The van der Waals surface area contributed by atoms with Gasteiger partial charge in [0.2, 0.25) is 5.91 Å². The molecule has 1 aromatic carbocycles. The Morgan fingerprint density at radius 1 is 1.36 bits per heavy atom. The molecular formula is C17H19N3O2. The lowest BCUT2D eigenvalue weighted by Gasteiger charge is -2.39. The van der Waals surface area contributed by atoms with Gasteiger partial charge < -0.3 is 14.5 Å². The molecule has 5 nitrogen and oxygen atoms in total. The smallest absolute Gasteiger partial charge is 0.246 e. The number of carbonyl (C=O) groups is 1. The number of amides is 1. The third-order valence-electron chi connectivity index (χ3n) is 4.35. The third kappa shape index (κ3) is 2.91. The number of hydrogen-bond donors (Lipinski definition) is 0. The van der Waals surface area contributed by atoms with E-state index < -0.39 is 0 Å². The van der Waals surface area contributed by atoms with Crippen LogP contribution in [0, 0.1) is 11.5 Å². The Labute approximate surface area is 130 Å². The van der Waals surface area contributed by atoms with E-state index >= 15 is 0 Å². The summed E-state index contributed by atoms with van der Waals surface area (Å²) >= 11 is 0. The van der Waals surface area contributed by atoms with E-state index in [1.807, 2.05) is 17.0 Å². The molecule has 0 aromatic heterocycles. The van der Waals surface area contributed by atoms with Crippen molar-refractivity contribution >= 4 is 5.91 Å². The van der Waals surface area contributed by atoms with Crippen molar-refractivity contribution in [3.05, 3.63) is 41.5 Å². The highest BCUT2D eigenvalue weighted by molar-refractivity contribution is 5.89. The van der Waals surface area contributed by atoms with Gasteiger partial charge in [-0.05, 0) is 29.7 Å². The zero-order valence-electron chi connectivity index (χ0n) is 12.7. The Morgan fingerprint density at radius 2 is 2.09 bits per heavy atom. The normalized spacial score (nSPS) is 19.9. The largest absolute Gasteiger partial charge is 0.497 e. The average Bonchev–Trinajstić information content (AvgIpc) is 2.94. The quantitative estimate of drug-likeness (QED) is 0.630. The minimum Gasteiger partial charge on any atom is -0.497 e. The summed E-state index contributed by atoms with van der Waals surface area (Å²) in [7, 11) is 1.66. The molecule has 0 N–H and O–H groups in total. The van der Waals surface area contributed by atoms with Crippen LogP contribution in [0.25, 0.3) is 0 Å². The molecular weight excluding hydrogens is 278 g/mol. The first-order valence-corrected chi connectivity index (χ1v) is 7.46. The van der Waals surface area contributed by atoms with Gasteiger partial charge in [-0.1, -0.05) is 12.1 Å². The molecule has 2 aliphatic heterocycles. The molecule has 0 atom stereocenters. The monoisotopic (exact) mass is 297 g/mol. The molecule has 0 saturated carbocycles. The van der Waals surface area contributed by atoms with Crippen molar-refractivity contribution in [1.29, 1.82) is 5.26 Å². The first-order chi connectivity index (χ1) is 10.7. The van der Waals surface area contributed by atoms with Crippen LogP contribution in [0.5, 0.6) is 5.75 Å². The highest BCUT2D eigenvalue weighted by Crippen LogP contribution is 2.29. The standard InChI is InChI=1S/C17H19N3O2/c1-22-16-4-2-14(3-5-16)15-10-20(11-15)17(21)8-13-6-7-19(9-13)12-18/h2-5,8,15H,6-7,9-11H2,1H3. The minimum atomic E-state index is 0.0690. The Kier molecular flexibility index (Phi) is 4.01. The van der Waals surface area contributed by atoms with Crippen LogP contribution in [0.3, 0.4) is 0 Å². The molecule has 2 heterocycles. The van der Waals surface area contributed by atoms with Gasteiger partial charge in [0.1, 0.15) is 5.75 Å². The van der Waals surface area contributed by atoms with Gasteiger partial charge in [0.25, 0.3) is 0 Å². The zero-order chi connectivity index (χ0) is 15.5. The Bertz CT molecular complexity index is 624. The maximum Gasteiger partial charge on any atom is 0.246 e. The number of carbonyl (C=O) groups excluding carboxylic acids is 1. The Hall–Kier alpha value is -2.48. The van der Waals surface area contributed by atoms with Crippen molar-refractivity contribution in [2.24, 2.45) is 0 Å². The van der Waals surface area contributed by atoms with E-state index in [2.05, 4.69) is 18.3 Å². The number of benzene rings is 1. The first kappa shape index (κ1) is 14.5. The zero-order valence-corrected chi connectivity index (χ0v) is 12.7. The minimum absolute atomic E-state index is 0.0690. The molecule has 22 heavy (non-hydrogen) atoms. The number of likely N-dealkylation sites (tertiary alicyclic amines) is 2. The second kappa shape index (κ2) is 6.10. The molecule has 0 bridgehead atoms. The fraction of sp³-hybridized carbons (Fsp3) is 0.412. The van der Waals surface area contributed by atoms with Gasteiger partial charge >= 0.3 is 0 Å². The molecule has 5 heteroatoms. The number of hydrogen-bond acceptors (Lipinski definition) is 4. The topological polar surface area (TPSA) is 56.6 Å². The Morgan fingerprint density at radius 3 is 2.68 bits per heavy atom. The molecule has 2 fully saturated rings. The number of rotatable bonds is 3. The van der Waals surface area contributed by atoms with Crippen LogP contribution in [0.2, 0.25) is 0 Å².